The number of aryl methyl sites for hydroxylation is 1. The molecule has 0 fully saturated rings. The van der Waals surface area contributed by atoms with Gasteiger partial charge in [0.2, 0.25) is 0 Å². The fourth-order valence-corrected chi connectivity index (χ4v) is 4.55. The molecular weight excluding hydrogens is 697 g/mol. The second-order valence-electron chi connectivity index (χ2n) is 11.1. The number of nitrogens with one attached hydrogen (secondary N) is 3. The Bertz CT molecular complexity index is 1170. The van der Waals surface area contributed by atoms with Crippen molar-refractivity contribution in [2.24, 2.45) is 0 Å². The minimum Gasteiger partial charge on any atom is -0.497 e. The molecule has 0 saturated heterocycles. The summed E-state index contributed by atoms with van der Waals surface area (Å²) >= 11 is 1.69. The van der Waals surface area contributed by atoms with Gasteiger partial charge in [0.25, 0.3) is 0 Å². The second-order valence-corrected chi connectivity index (χ2v) is 11.9. The van der Waals surface area contributed by atoms with Crippen LogP contribution in [0.2, 0.25) is 0 Å². The number of carbonyl (C=O) groups excluding carboxylic acids is 3. The summed E-state index contributed by atoms with van der Waals surface area (Å²) in [7, 11) is 7.00. The first-order valence-electron chi connectivity index (χ1n) is 19.4. The summed E-state index contributed by atoms with van der Waals surface area (Å²) in [6.07, 6.45) is 5.94. The highest BCUT2D eigenvalue weighted by Crippen LogP contribution is 2.18. The smallest absolute Gasteiger partial charge is 0.321 e. The van der Waals surface area contributed by atoms with Crippen LogP contribution in [0.1, 0.15) is 94.1 Å². The quantitative estimate of drug-likeness (QED) is 0.159. The lowest BCUT2D eigenvalue weighted by Crippen LogP contribution is -2.31. The Hall–Kier alpha value is -4.38. The van der Waals surface area contributed by atoms with Gasteiger partial charge in [-0.25, -0.2) is 14.4 Å². The van der Waals surface area contributed by atoms with Gasteiger partial charge in [0.05, 0.1) is 7.11 Å². The highest BCUT2D eigenvalue weighted by atomic mass is 32.2. The Morgan fingerprint density at radius 1 is 0.537 bits per heavy atom. The van der Waals surface area contributed by atoms with Gasteiger partial charge in [0.15, 0.2) is 0 Å². The first kappa shape index (κ1) is 54.0. The normalized spacial score (nSPS) is 9.09. The van der Waals surface area contributed by atoms with E-state index in [1.54, 1.807) is 54.7 Å². The van der Waals surface area contributed by atoms with Gasteiger partial charge in [-0.05, 0) is 98.2 Å². The van der Waals surface area contributed by atoms with Gasteiger partial charge in [0, 0.05) is 62.7 Å². The van der Waals surface area contributed by atoms with Crippen LogP contribution in [-0.4, -0.2) is 86.9 Å². The molecule has 3 N–H and O–H groups in total. The van der Waals surface area contributed by atoms with E-state index < -0.39 is 0 Å². The molecule has 0 radical (unpaired) electrons. The Kier molecular flexibility index (Phi) is 35.6. The van der Waals surface area contributed by atoms with Crippen molar-refractivity contribution >= 4 is 46.9 Å². The molecule has 3 aromatic rings. The monoisotopic (exact) mass is 771 g/mol. The summed E-state index contributed by atoms with van der Waals surface area (Å²) in [6, 6.07) is 22.9. The lowest BCUT2D eigenvalue weighted by molar-refractivity contribution is 0.222. The van der Waals surface area contributed by atoms with Crippen molar-refractivity contribution in [2.45, 2.75) is 99.8 Å². The minimum absolute atomic E-state index is 0.0499. The van der Waals surface area contributed by atoms with E-state index in [9.17, 15) is 14.4 Å². The molecule has 0 spiro atoms. The predicted octanol–water partition coefficient (Wildman–Crippen LogP) is 12.1. The third-order valence-electron chi connectivity index (χ3n) is 7.01. The zero-order valence-corrected chi connectivity index (χ0v) is 37.1. The van der Waals surface area contributed by atoms with Crippen LogP contribution < -0.4 is 20.7 Å². The molecule has 0 aliphatic rings. The van der Waals surface area contributed by atoms with Gasteiger partial charge < -0.3 is 35.4 Å². The zero-order valence-electron chi connectivity index (χ0n) is 36.3. The molecule has 0 unspecified atom stereocenters. The number of hydrogen-bond acceptors (Lipinski definition) is 5. The number of urea groups is 3. The Morgan fingerprint density at radius 2 is 0.833 bits per heavy atom. The van der Waals surface area contributed by atoms with Crippen LogP contribution in [0.25, 0.3) is 0 Å². The van der Waals surface area contributed by atoms with E-state index in [1.165, 1.54) is 10.5 Å². The summed E-state index contributed by atoms with van der Waals surface area (Å²) in [4.78, 5) is 41.2. The third kappa shape index (κ3) is 24.8. The summed E-state index contributed by atoms with van der Waals surface area (Å²) in [6.45, 7) is 22.6. The van der Waals surface area contributed by atoms with E-state index in [-0.39, 0.29) is 18.1 Å². The summed E-state index contributed by atoms with van der Waals surface area (Å²) in [5.41, 5.74) is 3.74. The molecule has 6 amide bonds. The molecule has 3 rings (SSSR count). The van der Waals surface area contributed by atoms with Gasteiger partial charge in [-0.3, -0.25) is 0 Å². The van der Waals surface area contributed by atoms with Crippen LogP contribution in [0.5, 0.6) is 5.75 Å². The van der Waals surface area contributed by atoms with Gasteiger partial charge in [0.1, 0.15) is 5.75 Å². The van der Waals surface area contributed by atoms with E-state index >= 15 is 0 Å². The van der Waals surface area contributed by atoms with Crippen molar-refractivity contribution in [1.29, 1.82) is 0 Å². The van der Waals surface area contributed by atoms with Crippen molar-refractivity contribution in [3.8, 4) is 5.75 Å². The van der Waals surface area contributed by atoms with Crippen LogP contribution in [0, 0.1) is 0 Å². The number of nitrogens with zero attached hydrogens (tertiary/aromatic N) is 3. The second kappa shape index (κ2) is 35.6. The third-order valence-corrected chi connectivity index (χ3v) is 7.76. The van der Waals surface area contributed by atoms with Gasteiger partial charge in [-0.2, -0.15) is 0 Å². The van der Waals surface area contributed by atoms with Crippen molar-refractivity contribution < 1.29 is 19.1 Å². The van der Waals surface area contributed by atoms with Gasteiger partial charge >= 0.3 is 18.1 Å². The van der Waals surface area contributed by atoms with Crippen LogP contribution in [0.4, 0.5) is 31.4 Å². The molecule has 0 atom stereocenters. The number of anilines is 3. The van der Waals surface area contributed by atoms with E-state index in [4.69, 9.17) is 4.74 Å². The molecule has 3 aromatic carbocycles. The summed E-state index contributed by atoms with van der Waals surface area (Å²) in [5.74, 6) is 0.778. The number of benzene rings is 3. The standard InChI is InChI=1S/C13H20N2O.C12H18N2O2.C12H18N2OS.3C2H6/c1-4-10-15(3)13(16)14-12-8-6-11(5-2)7-9-12;2*1-4-9-14(2)12(15)13-10-5-7-11(16-3)8-6-10;3*1-2/h6-9H,4-5,10H2,1-3H3,(H,14,16);2*5-8H,4,9H2,1-3H3,(H,13,15);3*1-2H3. The largest absolute Gasteiger partial charge is 0.497 e. The molecule has 0 bridgehead atoms. The predicted molar refractivity (Wildman–Crippen MR) is 237 cm³/mol. The van der Waals surface area contributed by atoms with Crippen molar-refractivity contribution in [3.63, 3.8) is 0 Å². The molecule has 54 heavy (non-hydrogen) atoms. The minimum atomic E-state index is -0.0907. The van der Waals surface area contributed by atoms with E-state index in [2.05, 4.69) is 36.7 Å². The van der Waals surface area contributed by atoms with Crippen molar-refractivity contribution in [1.82, 2.24) is 14.7 Å². The van der Waals surface area contributed by atoms with Crippen LogP contribution in [-0.2, 0) is 6.42 Å². The van der Waals surface area contributed by atoms with Gasteiger partial charge in [-0.15, -0.1) is 11.8 Å². The average molecular weight is 771 g/mol. The summed E-state index contributed by atoms with van der Waals surface area (Å²) in [5, 5.41) is 8.53. The lowest BCUT2D eigenvalue weighted by atomic mass is 10.1. The fourth-order valence-electron chi connectivity index (χ4n) is 4.14. The average Bonchev–Trinajstić information content (AvgIpc) is 3.21. The number of methoxy groups -OCH3 is 1. The van der Waals surface area contributed by atoms with E-state index in [0.717, 1.165) is 68.1 Å². The topological polar surface area (TPSA) is 106 Å². The lowest BCUT2D eigenvalue weighted by Gasteiger charge is -2.16. The maximum atomic E-state index is 11.7. The summed E-state index contributed by atoms with van der Waals surface area (Å²) < 4.78 is 5.04. The highest BCUT2D eigenvalue weighted by molar-refractivity contribution is 7.98. The van der Waals surface area contributed by atoms with Crippen LogP contribution in [0.3, 0.4) is 0 Å². The molecule has 306 valence electrons. The Balaban J connectivity index is -0.000000674. The number of amides is 6. The first-order valence-corrected chi connectivity index (χ1v) is 20.7. The molecule has 0 aromatic heterocycles. The van der Waals surface area contributed by atoms with Crippen LogP contribution >= 0.6 is 11.8 Å². The molecular formula is C43H74N6O4S. The Labute approximate surface area is 333 Å². The van der Waals surface area contributed by atoms with Crippen molar-refractivity contribution in [3.05, 3.63) is 78.4 Å². The molecule has 0 saturated carbocycles. The molecule has 10 nitrogen and oxygen atoms in total. The van der Waals surface area contributed by atoms with E-state index in [1.807, 2.05) is 128 Å². The fraction of sp³-hybridized carbons (Fsp3) is 0.512. The number of thioether (sulfide) groups is 1. The number of hydrogen-bond donors (Lipinski definition) is 3. The maximum Gasteiger partial charge on any atom is 0.321 e. The Morgan fingerprint density at radius 3 is 1.09 bits per heavy atom. The highest BCUT2D eigenvalue weighted by Gasteiger charge is 2.09. The van der Waals surface area contributed by atoms with Crippen molar-refractivity contribution in [2.75, 3.05) is 70.1 Å². The number of carbonyl (C=O) groups is 3. The molecule has 0 aliphatic heterocycles. The molecule has 0 aliphatic carbocycles. The molecule has 0 heterocycles. The number of rotatable bonds is 12. The number of ether oxygens (including phenoxy) is 1. The van der Waals surface area contributed by atoms with E-state index in [0.29, 0.717) is 0 Å². The maximum absolute atomic E-state index is 11.7. The van der Waals surface area contributed by atoms with Gasteiger partial charge in [-0.1, -0.05) is 81.4 Å². The first-order chi connectivity index (χ1) is 26.0. The SMILES string of the molecule is CC.CC.CC.CCCN(C)C(=O)Nc1ccc(CC)cc1.CCCN(C)C(=O)Nc1ccc(OC)cc1.CCCN(C)C(=O)Nc1ccc(SC)cc1. The van der Waals surface area contributed by atoms with Crippen LogP contribution in [0.15, 0.2) is 77.7 Å². The molecule has 11 heteroatoms. The zero-order chi connectivity index (χ0) is 41.9.